The van der Waals surface area contributed by atoms with Gasteiger partial charge in [0.25, 0.3) is 0 Å². The van der Waals surface area contributed by atoms with Crippen LogP contribution in [0, 0.1) is 11.3 Å². The van der Waals surface area contributed by atoms with Crippen LogP contribution in [0.2, 0.25) is 0 Å². The first-order valence-electron chi connectivity index (χ1n) is 3.89. The lowest BCUT2D eigenvalue weighted by atomic mass is 10.3. The molecule has 0 fully saturated rings. The molecule has 0 bridgehead atoms. The monoisotopic (exact) mass is 223 g/mol. The summed E-state index contributed by atoms with van der Waals surface area (Å²) >= 11 is 0. The van der Waals surface area contributed by atoms with Crippen molar-refractivity contribution in [1.82, 2.24) is 8.96 Å². The fraction of sp³-hybridized carbons (Fsp3) is 0. The second kappa shape index (κ2) is 3.05. The number of fused-ring (bicyclic) bond motifs is 1. The van der Waals surface area contributed by atoms with Gasteiger partial charge in [0, 0.05) is 0 Å². The molecule has 0 saturated carbocycles. The van der Waals surface area contributed by atoms with Crippen LogP contribution in [0.15, 0.2) is 24.3 Å². The maximum Gasteiger partial charge on any atom is 0.366 e. The summed E-state index contributed by atoms with van der Waals surface area (Å²) in [5.41, 5.74) is 0.517. The Kier molecular flexibility index (Phi) is 1.96. The van der Waals surface area contributed by atoms with E-state index in [1.54, 1.807) is 24.3 Å². The van der Waals surface area contributed by atoms with Crippen molar-refractivity contribution in [3.8, 4) is 6.07 Å². The number of aromatic nitrogens is 2. The molecular weight excluding hydrogens is 218 g/mol. The Bertz CT molecular complexity index is 666. The van der Waals surface area contributed by atoms with Crippen molar-refractivity contribution >= 4 is 21.3 Å². The quantitative estimate of drug-likeness (QED) is 0.712. The van der Waals surface area contributed by atoms with E-state index in [9.17, 15) is 8.42 Å². The molecule has 76 valence electrons. The van der Waals surface area contributed by atoms with Crippen molar-refractivity contribution in [2.75, 3.05) is 0 Å². The summed E-state index contributed by atoms with van der Waals surface area (Å²) in [7, 11) is -4.50. The molecule has 0 aliphatic carbocycles. The second-order valence-corrected chi connectivity index (χ2v) is 4.04. The normalized spacial score (nSPS) is 11.5. The van der Waals surface area contributed by atoms with E-state index in [2.05, 4.69) is 4.98 Å². The molecule has 0 amide bonds. The first-order valence-corrected chi connectivity index (χ1v) is 5.29. The van der Waals surface area contributed by atoms with E-state index in [1.165, 1.54) is 6.07 Å². The lowest BCUT2D eigenvalue weighted by molar-refractivity contribution is 0.473. The lowest BCUT2D eigenvalue weighted by Gasteiger charge is -1.98. The van der Waals surface area contributed by atoms with Crippen LogP contribution in [0.4, 0.5) is 0 Å². The number of benzene rings is 1. The maximum absolute atomic E-state index is 11.0. The van der Waals surface area contributed by atoms with Crippen LogP contribution >= 0.6 is 0 Å². The number of para-hydroxylation sites is 2. The summed E-state index contributed by atoms with van der Waals surface area (Å²) in [6.45, 7) is 0. The van der Waals surface area contributed by atoms with E-state index in [0.717, 1.165) is 0 Å². The zero-order chi connectivity index (χ0) is 11.1. The molecule has 0 aliphatic heterocycles. The predicted molar refractivity (Wildman–Crippen MR) is 51.4 cm³/mol. The molecule has 15 heavy (non-hydrogen) atoms. The molecule has 6 nitrogen and oxygen atoms in total. The number of imidazole rings is 1. The molecule has 1 N–H and O–H groups in total. The van der Waals surface area contributed by atoms with Gasteiger partial charge in [-0.2, -0.15) is 17.7 Å². The third-order valence-corrected chi connectivity index (χ3v) is 2.68. The van der Waals surface area contributed by atoms with Gasteiger partial charge < -0.3 is 0 Å². The van der Waals surface area contributed by atoms with Gasteiger partial charge in [0.1, 0.15) is 6.07 Å². The SMILES string of the molecule is N#Cc1nc2ccccc2n1S(=O)(=O)O. The van der Waals surface area contributed by atoms with Crippen LogP contribution in [-0.4, -0.2) is 21.9 Å². The molecule has 1 heterocycles. The summed E-state index contributed by atoms with van der Waals surface area (Å²) in [4.78, 5) is 3.76. The molecule has 2 rings (SSSR count). The fourth-order valence-electron chi connectivity index (χ4n) is 1.31. The molecule has 2 aromatic rings. The standard InChI is InChI=1S/C8H5N3O3S/c9-5-8-10-6-3-1-2-4-7(6)11(8)15(12,13)14/h1-4H,(H,12,13,14). The number of nitrogens with zero attached hydrogens (tertiary/aromatic N) is 3. The van der Waals surface area contributed by atoms with Crippen molar-refractivity contribution in [1.29, 1.82) is 5.26 Å². The van der Waals surface area contributed by atoms with Gasteiger partial charge in [0.2, 0.25) is 5.82 Å². The molecular formula is C8H5N3O3S. The van der Waals surface area contributed by atoms with E-state index in [0.29, 0.717) is 9.49 Å². The van der Waals surface area contributed by atoms with Crippen LogP contribution in [-0.2, 0) is 10.3 Å². The number of hydrogen-bond acceptors (Lipinski definition) is 4. The average molecular weight is 223 g/mol. The summed E-state index contributed by atoms with van der Waals surface area (Å²) in [6.07, 6.45) is 0. The Labute approximate surface area is 85.3 Å². The first-order chi connectivity index (χ1) is 7.04. The van der Waals surface area contributed by atoms with Crippen LogP contribution in [0.25, 0.3) is 11.0 Å². The zero-order valence-electron chi connectivity index (χ0n) is 7.32. The number of rotatable bonds is 1. The predicted octanol–water partition coefficient (Wildman–Crippen LogP) is 0.559. The van der Waals surface area contributed by atoms with Crippen LogP contribution in [0.5, 0.6) is 0 Å². The summed E-state index contributed by atoms with van der Waals surface area (Å²) in [5.74, 6) is -0.362. The van der Waals surface area contributed by atoms with Gasteiger partial charge in [-0.3, -0.25) is 4.55 Å². The molecule has 7 heteroatoms. The van der Waals surface area contributed by atoms with Crippen molar-refractivity contribution < 1.29 is 13.0 Å². The third-order valence-electron chi connectivity index (χ3n) is 1.85. The van der Waals surface area contributed by atoms with E-state index in [-0.39, 0.29) is 11.3 Å². The van der Waals surface area contributed by atoms with Gasteiger partial charge in [0.05, 0.1) is 11.0 Å². The molecule has 0 saturated heterocycles. The largest absolute Gasteiger partial charge is 0.366 e. The topological polar surface area (TPSA) is 96.0 Å². The van der Waals surface area contributed by atoms with Gasteiger partial charge in [-0.1, -0.05) is 12.1 Å². The Hall–Kier alpha value is -1.91. The second-order valence-electron chi connectivity index (χ2n) is 2.78. The van der Waals surface area contributed by atoms with Gasteiger partial charge in [-0.05, 0) is 12.1 Å². The maximum atomic E-state index is 11.0. The Balaban J connectivity index is 2.99. The minimum atomic E-state index is -4.50. The van der Waals surface area contributed by atoms with Crippen LogP contribution < -0.4 is 0 Å². The Morgan fingerprint density at radius 1 is 1.40 bits per heavy atom. The highest BCUT2D eigenvalue weighted by Gasteiger charge is 2.18. The van der Waals surface area contributed by atoms with Crippen molar-refractivity contribution in [2.45, 2.75) is 0 Å². The Morgan fingerprint density at radius 3 is 2.67 bits per heavy atom. The summed E-state index contributed by atoms with van der Waals surface area (Å²) in [5, 5.41) is 8.67. The molecule has 0 aliphatic rings. The van der Waals surface area contributed by atoms with Gasteiger partial charge in [0.15, 0.2) is 0 Å². The van der Waals surface area contributed by atoms with Gasteiger partial charge in [-0.25, -0.2) is 4.98 Å². The van der Waals surface area contributed by atoms with E-state index < -0.39 is 10.3 Å². The minimum Gasteiger partial charge on any atom is -0.269 e. The van der Waals surface area contributed by atoms with Crippen molar-refractivity contribution in [3.63, 3.8) is 0 Å². The van der Waals surface area contributed by atoms with E-state index >= 15 is 0 Å². The molecule has 0 radical (unpaired) electrons. The number of nitriles is 1. The third kappa shape index (κ3) is 1.45. The molecule has 0 unspecified atom stereocenters. The van der Waals surface area contributed by atoms with Gasteiger partial charge in [-0.15, -0.1) is 0 Å². The number of hydrogen-bond donors (Lipinski definition) is 1. The molecule has 0 spiro atoms. The van der Waals surface area contributed by atoms with E-state index in [4.69, 9.17) is 9.81 Å². The highest BCUT2D eigenvalue weighted by molar-refractivity contribution is 7.84. The first kappa shape index (κ1) is 9.64. The zero-order valence-corrected chi connectivity index (χ0v) is 8.14. The highest BCUT2D eigenvalue weighted by atomic mass is 32.2. The molecule has 1 aromatic carbocycles. The van der Waals surface area contributed by atoms with E-state index in [1.807, 2.05) is 0 Å². The summed E-state index contributed by atoms with van der Waals surface area (Å²) < 4.78 is 31.5. The average Bonchev–Trinajstić information content (AvgIpc) is 2.54. The van der Waals surface area contributed by atoms with Crippen LogP contribution in [0.1, 0.15) is 5.82 Å². The van der Waals surface area contributed by atoms with Crippen molar-refractivity contribution in [2.24, 2.45) is 0 Å². The van der Waals surface area contributed by atoms with Crippen LogP contribution in [0.3, 0.4) is 0 Å². The van der Waals surface area contributed by atoms with Gasteiger partial charge >= 0.3 is 10.3 Å². The lowest BCUT2D eigenvalue weighted by Crippen LogP contribution is -2.12. The minimum absolute atomic E-state index is 0.177. The smallest absolute Gasteiger partial charge is 0.269 e. The fourth-order valence-corrected chi connectivity index (χ4v) is 2.01. The highest BCUT2D eigenvalue weighted by Crippen LogP contribution is 2.16. The molecule has 0 atom stereocenters. The summed E-state index contributed by atoms with van der Waals surface area (Å²) in [6, 6.07) is 7.86. The molecule has 1 aromatic heterocycles. The Morgan fingerprint density at radius 2 is 2.07 bits per heavy atom. The van der Waals surface area contributed by atoms with Crippen molar-refractivity contribution in [3.05, 3.63) is 30.1 Å².